The molecular formula is C16H30N4O. The minimum atomic E-state index is 0.288. The van der Waals surface area contributed by atoms with Gasteiger partial charge < -0.3 is 14.7 Å². The van der Waals surface area contributed by atoms with Crippen LogP contribution < -0.4 is 0 Å². The summed E-state index contributed by atoms with van der Waals surface area (Å²) in [5, 5.41) is 0. The van der Waals surface area contributed by atoms with Gasteiger partial charge in [0.05, 0.1) is 0 Å². The molecule has 0 aliphatic carbocycles. The number of likely N-dealkylation sites (tertiary alicyclic amines) is 2. The Balaban J connectivity index is 1.50. The maximum absolute atomic E-state index is 12.7. The summed E-state index contributed by atoms with van der Waals surface area (Å²) < 4.78 is 0. The third kappa shape index (κ3) is 3.04. The summed E-state index contributed by atoms with van der Waals surface area (Å²) in [5.41, 5.74) is 0. The second-order valence-corrected chi connectivity index (χ2v) is 7.18. The summed E-state index contributed by atoms with van der Waals surface area (Å²) in [6, 6.07) is 0.879. The Bertz CT molecular complexity index is 364. The van der Waals surface area contributed by atoms with E-state index in [4.69, 9.17) is 0 Å². The summed E-state index contributed by atoms with van der Waals surface area (Å²) in [7, 11) is 0. The van der Waals surface area contributed by atoms with Crippen molar-refractivity contribution in [2.24, 2.45) is 11.8 Å². The first-order chi connectivity index (χ1) is 10.1. The lowest BCUT2D eigenvalue weighted by Gasteiger charge is -2.38. The molecule has 5 heteroatoms. The van der Waals surface area contributed by atoms with E-state index in [2.05, 4.69) is 40.4 Å². The van der Waals surface area contributed by atoms with Gasteiger partial charge in [-0.15, -0.1) is 0 Å². The predicted octanol–water partition coefficient (Wildman–Crippen LogP) is 1.02. The highest BCUT2D eigenvalue weighted by Crippen LogP contribution is 2.31. The fraction of sp³-hybridized carbons (Fsp3) is 0.938. The van der Waals surface area contributed by atoms with E-state index in [1.54, 1.807) is 0 Å². The molecule has 0 radical (unpaired) electrons. The fourth-order valence-electron chi connectivity index (χ4n) is 4.13. The Labute approximate surface area is 128 Å². The Kier molecular flexibility index (Phi) is 4.41. The molecule has 3 rings (SSSR count). The van der Waals surface area contributed by atoms with Crippen LogP contribution >= 0.6 is 0 Å². The van der Waals surface area contributed by atoms with Crippen LogP contribution in [-0.4, -0.2) is 90.6 Å². The average molecular weight is 294 g/mol. The number of hydrogen-bond acceptors (Lipinski definition) is 3. The van der Waals surface area contributed by atoms with Crippen LogP contribution in [0.4, 0.5) is 4.79 Å². The van der Waals surface area contributed by atoms with Crippen LogP contribution in [0.15, 0.2) is 0 Å². The molecule has 3 fully saturated rings. The van der Waals surface area contributed by atoms with Gasteiger partial charge in [-0.25, -0.2) is 4.79 Å². The van der Waals surface area contributed by atoms with E-state index in [1.807, 2.05) is 0 Å². The second-order valence-electron chi connectivity index (χ2n) is 7.18. The molecule has 2 amide bonds. The van der Waals surface area contributed by atoms with Crippen LogP contribution in [0.25, 0.3) is 0 Å². The largest absolute Gasteiger partial charge is 0.324 e. The van der Waals surface area contributed by atoms with Crippen molar-refractivity contribution in [3.05, 3.63) is 0 Å². The fourth-order valence-corrected chi connectivity index (χ4v) is 4.13. The first kappa shape index (κ1) is 15.1. The van der Waals surface area contributed by atoms with Crippen LogP contribution in [-0.2, 0) is 0 Å². The van der Waals surface area contributed by atoms with Gasteiger partial charge in [0.2, 0.25) is 0 Å². The van der Waals surface area contributed by atoms with Crippen LogP contribution in [0, 0.1) is 11.8 Å². The zero-order valence-corrected chi connectivity index (χ0v) is 13.8. The molecule has 3 saturated heterocycles. The lowest BCUT2D eigenvalue weighted by atomic mass is 10.0. The third-order valence-electron chi connectivity index (χ3n) is 5.59. The first-order valence-corrected chi connectivity index (χ1v) is 8.58. The summed E-state index contributed by atoms with van der Waals surface area (Å²) in [5.74, 6) is 1.43. The summed E-state index contributed by atoms with van der Waals surface area (Å²) in [6.45, 7) is 16.0. The van der Waals surface area contributed by atoms with Gasteiger partial charge in [-0.3, -0.25) is 4.90 Å². The number of nitrogens with zero attached hydrogens (tertiary/aromatic N) is 4. The van der Waals surface area contributed by atoms with Gasteiger partial charge in [-0.2, -0.15) is 0 Å². The van der Waals surface area contributed by atoms with Crippen LogP contribution in [0.1, 0.15) is 20.8 Å². The SMILES string of the molecule is CCN1CC2CN(C(=O)N3CCN(C(C)C)CC3)CC2C1. The van der Waals surface area contributed by atoms with E-state index < -0.39 is 0 Å². The number of amides is 2. The molecule has 3 aliphatic rings. The Morgan fingerprint density at radius 2 is 1.52 bits per heavy atom. The number of carbonyl (C=O) groups excluding carboxylic acids is 1. The number of piperazine rings is 1. The van der Waals surface area contributed by atoms with Crippen molar-refractivity contribution in [2.45, 2.75) is 26.8 Å². The van der Waals surface area contributed by atoms with Crippen molar-refractivity contribution in [2.75, 3.05) is 58.9 Å². The maximum atomic E-state index is 12.7. The zero-order valence-electron chi connectivity index (χ0n) is 13.8. The van der Waals surface area contributed by atoms with Gasteiger partial charge in [0, 0.05) is 58.4 Å². The molecule has 3 aliphatic heterocycles. The van der Waals surface area contributed by atoms with E-state index in [0.29, 0.717) is 17.9 Å². The highest BCUT2D eigenvalue weighted by Gasteiger charge is 2.42. The van der Waals surface area contributed by atoms with Crippen LogP contribution in [0.3, 0.4) is 0 Å². The minimum Gasteiger partial charge on any atom is -0.324 e. The quantitative estimate of drug-likeness (QED) is 0.761. The molecule has 3 heterocycles. The van der Waals surface area contributed by atoms with E-state index in [9.17, 15) is 4.79 Å². The summed E-state index contributed by atoms with van der Waals surface area (Å²) in [6.07, 6.45) is 0. The molecule has 0 N–H and O–H groups in total. The lowest BCUT2D eigenvalue weighted by Crippen LogP contribution is -2.54. The third-order valence-corrected chi connectivity index (χ3v) is 5.59. The molecule has 0 spiro atoms. The standard InChI is InChI=1S/C16H30N4O/c1-4-17-9-14-11-20(12-15(14)10-17)16(21)19-7-5-18(6-8-19)13(2)3/h13-15H,4-12H2,1-3H3. The summed E-state index contributed by atoms with van der Waals surface area (Å²) in [4.78, 5) is 21.9. The van der Waals surface area contributed by atoms with Gasteiger partial charge in [-0.05, 0) is 32.2 Å². The van der Waals surface area contributed by atoms with Crippen molar-refractivity contribution < 1.29 is 4.79 Å². The molecule has 5 nitrogen and oxygen atoms in total. The number of fused-ring (bicyclic) bond motifs is 1. The average Bonchev–Trinajstić information content (AvgIpc) is 3.04. The van der Waals surface area contributed by atoms with Gasteiger partial charge in [0.1, 0.15) is 0 Å². The molecule has 0 bridgehead atoms. The molecule has 0 aromatic carbocycles. The van der Waals surface area contributed by atoms with Crippen LogP contribution in [0.5, 0.6) is 0 Å². The molecular weight excluding hydrogens is 264 g/mol. The van der Waals surface area contributed by atoms with Crippen molar-refractivity contribution >= 4 is 6.03 Å². The van der Waals surface area contributed by atoms with Gasteiger partial charge in [0.25, 0.3) is 0 Å². The predicted molar refractivity (Wildman–Crippen MR) is 84.3 cm³/mol. The zero-order chi connectivity index (χ0) is 15.0. The topological polar surface area (TPSA) is 30.0 Å². The molecule has 2 atom stereocenters. The first-order valence-electron chi connectivity index (χ1n) is 8.58. The van der Waals surface area contributed by atoms with Crippen molar-refractivity contribution in [3.63, 3.8) is 0 Å². The van der Waals surface area contributed by atoms with Crippen LogP contribution in [0.2, 0.25) is 0 Å². The smallest absolute Gasteiger partial charge is 0.320 e. The van der Waals surface area contributed by atoms with Crippen molar-refractivity contribution in [1.82, 2.24) is 19.6 Å². The minimum absolute atomic E-state index is 0.288. The van der Waals surface area contributed by atoms with E-state index >= 15 is 0 Å². The van der Waals surface area contributed by atoms with E-state index in [1.165, 1.54) is 13.1 Å². The molecule has 0 aromatic rings. The monoisotopic (exact) mass is 294 g/mol. The Hall–Kier alpha value is -0.810. The second kappa shape index (κ2) is 6.13. The molecule has 2 unspecified atom stereocenters. The van der Waals surface area contributed by atoms with Gasteiger partial charge in [-0.1, -0.05) is 6.92 Å². The highest BCUT2D eigenvalue weighted by molar-refractivity contribution is 5.75. The molecule has 21 heavy (non-hydrogen) atoms. The number of hydrogen-bond donors (Lipinski definition) is 0. The molecule has 120 valence electrons. The number of rotatable bonds is 2. The van der Waals surface area contributed by atoms with Gasteiger partial charge in [0.15, 0.2) is 0 Å². The molecule has 0 aromatic heterocycles. The normalized spacial score (nSPS) is 31.2. The highest BCUT2D eigenvalue weighted by atomic mass is 16.2. The maximum Gasteiger partial charge on any atom is 0.320 e. The Morgan fingerprint density at radius 1 is 0.952 bits per heavy atom. The van der Waals surface area contributed by atoms with E-state index in [-0.39, 0.29) is 6.03 Å². The lowest BCUT2D eigenvalue weighted by molar-refractivity contribution is 0.101. The van der Waals surface area contributed by atoms with E-state index in [0.717, 1.165) is 45.8 Å². The van der Waals surface area contributed by atoms with Gasteiger partial charge >= 0.3 is 6.03 Å². The van der Waals surface area contributed by atoms with Crippen molar-refractivity contribution in [1.29, 1.82) is 0 Å². The number of carbonyl (C=O) groups is 1. The number of urea groups is 1. The Morgan fingerprint density at radius 3 is 2.00 bits per heavy atom. The van der Waals surface area contributed by atoms with Crippen molar-refractivity contribution in [3.8, 4) is 0 Å². The summed E-state index contributed by atoms with van der Waals surface area (Å²) >= 11 is 0. The molecule has 0 saturated carbocycles.